The molecule has 1 aromatic carbocycles. The molecule has 0 atom stereocenters. The van der Waals surface area contributed by atoms with Gasteiger partial charge in [-0.1, -0.05) is 6.07 Å². The highest BCUT2D eigenvalue weighted by molar-refractivity contribution is 5.79. The van der Waals surface area contributed by atoms with Crippen LogP contribution in [0.2, 0.25) is 0 Å². The summed E-state index contributed by atoms with van der Waals surface area (Å²) in [7, 11) is 1.67. The normalized spacial score (nSPS) is 15.8. The van der Waals surface area contributed by atoms with E-state index in [4.69, 9.17) is 14.5 Å². The number of guanidine groups is 1. The average molecular weight is 421 g/mol. The summed E-state index contributed by atoms with van der Waals surface area (Å²) in [6.45, 7) is 10.3. The van der Waals surface area contributed by atoms with Gasteiger partial charge in [-0.15, -0.1) is 0 Å². The Hall–Kier alpha value is -1.99. The summed E-state index contributed by atoms with van der Waals surface area (Å²) < 4.78 is 11.0. The monoisotopic (exact) mass is 420 g/mol. The van der Waals surface area contributed by atoms with E-state index >= 15 is 0 Å². The standard InChI is InChI=1S/C23H40N4O3/c1-4-24-23(26-14-7-15-27-16-11-20(28)12-17-27)25-13-6-8-19-9-10-21(29-3)22(18-19)30-5-2/h9-10,18,20,28H,4-8,11-17H2,1-3H3,(H2,24,25,26). The smallest absolute Gasteiger partial charge is 0.191 e. The third-order valence-corrected chi connectivity index (χ3v) is 5.27. The van der Waals surface area contributed by atoms with E-state index in [0.29, 0.717) is 6.61 Å². The van der Waals surface area contributed by atoms with Gasteiger partial charge in [-0.05, 0) is 70.2 Å². The maximum Gasteiger partial charge on any atom is 0.191 e. The first-order valence-electron chi connectivity index (χ1n) is 11.4. The topological polar surface area (TPSA) is 78.4 Å². The van der Waals surface area contributed by atoms with Gasteiger partial charge in [0.05, 0.1) is 19.8 Å². The second-order valence-electron chi connectivity index (χ2n) is 7.64. The first-order chi connectivity index (χ1) is 14.7. The minimum absolute atomic E-state index is 0.101. The third kappa shape index (κ3) is 8.79. The van der Waals surface area contributed by atoms with E-state index in [1.54, 1.807) is 7.11 Å². The number of rotatable bonds is 12. The number of piperidine rings is 1. The summed E-state index contributed by atoms with van der Waals surface area (Å²) >= 11 is 0. The van der Waals surface area contributed by atoms with Crippen LogP contribution in [0.15, 0.2) is 23.2 Å². The molecule has 1 aliphatic heterocycles. The predicted molar refractivity (Wildman–Crippen MR) is 123 cm³/mol. The summed E-state index contributed by atoms with van der Waals surface area (Å²) in [5.41, 5.74) is 1.24. The number of hydrogen-bond donors (Lipinski definition) is 3. The molecule has 0 spiro atoms. The van der Waals surface area contributed by atoms with Crippen molar-refractivity contribution in [2.45, 2.75) is 52.1 Å². The van der Waals surface area contributed by atoms with Gasteiger partial charge >= 0.3 is 0 Å². The van der Waals surface area contributed by atoms with E-state index in [9.17, 15) is 5.11 Å². The Bertz CT molecular complexity index is 631. The zero-order valence-electron chi connectivity index (χ0n) is 19.0. The number of likely N-dealkylation sites (tertiary alicyclic amines) is 1. The largest absolute Gasteiger partial charge is 0.493 e. The zero-order chi connectivity index (χ0) is 21.6. The van der Waals surface area contributed by atoms with Crippen molar-refractivity contribution in [1.29, 1.82) is 0 Å². The molecule has 0 bridgehead atoms. The molecule has 0 unspecified atom stereocenters. The molecular formula is C23H40N4O3. The molecule has 0 radical (unpaired) electrons. The van der Waals surface area contributed by atoms with Gasteiger partial charge in [-0.3, -0.25) is 4.99 Å². The van der Waals surface area contributed by atoms with Crippen LogP contribution < -0.4 is 20.1 Å². The molecule has 0 aromatic heterocycles. The van der Waals surface area contributed by atoms with Crippen LogP contribution in [-0.2, 0) is 6.42 Å². The molecule has 30 heavy (non-hydrogen) atoms. The molecule has 7 nitrogen and oxygen atoms in total. The van der Waals surface area contributed by atoms with Gasteiger partial charge in [0.15, 0.2) is 17.5 Å². The molecule has 0 saturated carbocycles. The van der Waals surface area contributed by atoms with Crippen LogP contribution in [0.1, 0.15) is 45.1 Å². The third-order valence-electron chi connectivity index (χ3n) is 5.27. The minimum Gasteiger partial charge on any atom is -0.493 e. The Balaban J connectivity index is 1.70. The SMILES string of the molecule is CCNC(=NCCCc1ccc(OC)c(OCC)c1)NCCCN1CCC(O)CC1. The van der Waals surface area contributed by atoms with Crippen LogP contribution in [0.25, 0.3) is 0 Å². The molecule has 7 heteroatoms. The second kappa shape index (κ2) is 14.1. The Morgan fingerprint density at radius 1 is 1.17 bits per heavy atom. The number of nitrogens with zero attached hydrogens (tertiary/aromatic N) is 2. The first-order valence-corrected chi connectivity index (χ1v) is 11.4. The van der Waals surface area contributed by atoms with Crippen LogP contribution in [0.4, 0.5) is 0 Å². The van der Waals surface area contributed by atoms with Crippen LogP contribution >= 0.6 is 0 Å². The molecule has 3 N–H and O–H groups in total. The van der Waals surface area contributed by atoms with Crippen molar-refractivity contribution in [2.75, 3.05) is 53.0 Å². The molecule has 0 amide bonds. The second-order valence-corrected chi connectivity index (χ2v) is 7.64. The number of hydrogen-bond acceptors (Lipinski definition) is 5. The minimum atomic E-state index is -0.101. The maximum atomic E-state index is 9.59. The molecule has 1 saturated heterocycles. The zero-order valence-corrected chi connectivity index (χ0v) is 19.0. The van der Waals surface area contributed by atoms with Gasteiger partial charge in [-0.25, -0.2) is 0 Å². The number of aliphatic hydroxyl groups excluding tert-OH is 1. The summed E-state index contributed by atoms with van der Waals surface area (Å²) in [5.74, 6) is 2.47. The van der Waals surface area contributed by atoms with Crippen LogP contribution in [0, 0.1) is 0 Å². The Morgan fingerprint density at radius 3 is 2.67 bits per heavy atom. The quantitative estimate of drug-likeness (QED) is 0.274. The van der Waals surface area contributed by atoms with Gasteiger partial charge in [0.25, 0.3) is 0 Å². The van der Waals surface area contributed by atoms with Gasteiger partial charge in [0, 0.05) is 32.7 Å². The molecule has 1 heterocycles. The highest BCUT2D eigenvalue weighted by atomic mass is 16.5. The number of aryl methyl sites for hydroxylation is 1. The lowest BCUT2D eigenvalue weighted by atomic mass is 10.1. The van der Waals surface area contributed by atoms with E-state index < -0.39 is 0 Å². The van der Waals surface area contributed by atoms with Crippen molar-refractivity contribution >= 4 is 5.96 Å². The number of ether oxygens (including phenoxy) is 2. The number of aliphatic imine (C=N–C) groups is 1. The van der Waals surface area contributed by atoms with E-state index in [0.717, 1.165) is 88.8 Å². The number of methoxy groups -OCH3 is 1. The fourth-order valence-corrected chi connectivity index (χ4v) is 3.61. The summed E-state index contributed by atoms with van der Waals surface area (Å²) in [5, 5.41) is 16.3. The average Bonchev–Trinajstić information content (AvgIpc) is 2.75. The lowest BCUT2D eigenvalue weighted by molar-refractivity contribution is 0.0823. The number of aliphatic hydroxyl groups is 1. The Kier molecular flexibility index (Phi) is 11.4. The van der Waals surface area contributed by atoms with Crippen molar-refractivity contribution in [1.82, 2.24) is 15.5 Å². The van der Waals surface area contributed by atoms with E-state index in [-0.39, 0.29) is 6.10 Å². The fourth-order valence-electron chi connectivity index (χ4n) is 3.61. The highest BCUT2D eigenvalue weighted by Crippen LogP contribution is 2.28. The van der Waals surface area contributed by atoms with Gasteiger partial charge < -0.3 is 30.1 Å². The Morgan fingerprint density at radius 2 is 1.97 bits per heavy atom. The van der Waals surface area contributed by atoms with Crippen LogP contribution in [0.3, 0.4) is 0 Å². The van der Waals surface area contributed by atoms with Gasteiger partial charge in [0.2, 0.25) is 0 Å². The van der Waals surface area contributed by atoms with Crippen LogP contribution in [0.5, 0.6) is 11.5 Å². The molecular weight excluding hydrogens is 380 g/mol. The molecule has 1 aromatic rings. The molecule has 1 aliphatic rings. The molecule has 170 valence electrons. The van der Waals surface area contributed by atoms with Crippen molar-refractivity contribution in [2.24, 2.45) is 4.99 Å². The van der Waals surface area contributed by atoms with Gasteiger partial charge in [-0.2, -0.15) is 0 Å². The fraction of sp³-hybridized carbons (Fsp3) is 0.696. The van der Waals surface area contributed by atoms with E-state index in [1.807, 2.05) is 13.0 Å². The van der Waals surface area contributed by atoms with Crippen molar-refractivity contribution in [3.05, 3.63) is 23.8 Å². The lowest BCUT2D eigenvalue weighted by Gasteiger charge is -2.29. The number of nitrogens with one attached hydrogen (secondary N) is 2. The predicted octanol–water partition coefficient (Wildman–Crippen LogP) is 2.43. The van der Waals surface area contributed by atoms with E-state index in [2.05, 4.69) is 34.6 Å². The summed E-state index contributed by atoms with van der Waals surface area (Å²) in [4.78, 5) is 7.14. The Labute approximate surface area is 181 Å². The van der Waals surface area contributed by atoms with Crippen LogP contribution in [-0.4, -0.2) is 75.1 Å². The molecule has 1 fully saturated rings. The maximum absolute atomic E-state index is 9.59. The van der Waals surface area contributed by atoms with Gasteiger partial charge in [0.1, 0.15) is 0 Å². The first kappa shape index (κ1) is 24.3. The molecule has 2 rings (SSSR count). The number of benzene rings is 1. The highest BCUT2D eigenvalue weighted by Gasteiger charge is 2.16. The summed E-state index contributed by atoms with van der Waals surface area (Å²) in [6.07, 6.45) is 4.70. The van der Waals surface area contributed by atoms with Crippen molar-refractivity contribution in [3.8, 4) is 11.5 Å². The summed E-state index contributed by atoms with van der Waals surface area (Å²) in [6, 6.07) is 6.13. The lowest BCUT2D eigenvalue weighted by Crippen LogP contribution is -2.40. The van der Waals surface area contributed by atoms with Crippen molar-refractivity contribution < 1.29 is 14.6 Å². The van der Waals surface area contributed by atoms with Crippen molar-refractivity contribution in [3.63, 3.8) is 0 Å². The molecule has 0 aliphatic carbocycles. The van der Waals surface area contributed by atoms with E-state index in [1.165, 1.54) is 5.56 Å².